The molecule has 2 amide bonds. The maximum absolute atomic E-state index is 11.5. The maximum atomic E-state index is 11.5. The quantitative estimate of drug-likeness (QED) is 0.727. The second kappa shape index (κ2) is 7.47. The number of rotatable bonds is 5. The summed E-state index contributed by atoms with van der Waals surface area (Å²) in [5.41, 5.74) is 0.151. The second-order valence-corrected chi connectivity index (χ2v) is 5.29. The average Bonchev–Trinajstić information content (AvgIpc) is 2.33. The molecule has 0 heterocycles. The Morgan fingerprint density at radius 1 is 1.32 bits per heavy atom. The highest BCUT2D eigenvalue weighted by molar-refractivity contribution is 7.98. The van der Waals surface area contributed by atoms with Crippen molar-refractivity contribution in [3.05, 3.63) is 27.7 Å². The van der Waals surface area contributed by atoms with Crippen LogP contribution >= 0.6 is 35.0 Å². The number of benzene rings is 1. The average molecular weight is 323 g/mol. The van der Waals surface area contributed by atoms with Gasteiger partial charge in [-0.05, 0) is 18.4 Å². The Morgan fingerprint density at radius 3 is 2.37 bits per heavy atom. The van der Waals surface area contributed by atoms with Crippen LogP contribution in [0.2, 0.25) is 10.0 Å². The zero-order chi connectivity index (χ0) is 14.4. The van der Waals surface area contributed by atoms with Gasteiger partial charge in [0.05, 0.1) is 21.3 Å². The molecular weight excluding hydrogens is 311 g/mol. The number of nitrogens with one attached hydrogen (secondary N) is 2. The number of carboxylic acids is 1. The van der Waals surface area contributed by atoms with Crippen molar-refractivity contribution in [2.75, 3.05) is 23.9 Å². The van der Waals surface area contributed by atoms with E-state index in [2.05, 4.69) is 10.6 Å². The number of carbonyl (C=O) groups excluding carboxylic acids is 1. The van der Waals surface area contributed by atoms with E-state index in [1.807, 2.05) is 6.26 Å². The lowest BCUT2D eigenvalue weighted by Gasteiger charge is -2.11. The van der Waals surface area contributed by atoms with Crippen molar-refractivity contribution in [2.24, 2.45) is 0 Å². The standard InChI is InChI=1S/C11H12Cl2N2O3S/c1-19-3-2-14-11(18)15-9-7(12)4-6(10(16)17)5-8(9)13/h4-5H,2-3H2,1H3,(H,16,17)(H2,14,15,18). The molecule has 5 nitrogen and oxygen atoms in total. The molecule has 0 atom stereocenters. The topological polar surface area (TPSA) is 78.4 Å². The Balaban J connectivity index is 2.79. The number of hydrogen-bond donors (Lipinski definition) is 3. The molecule has 1 aromatic rings. The molecule has 1 rings (SSSR count). The monoisotopic (exact) mass is 322 g/mol. The van der Waals surface area contributed by atoms with Crippen molar-refractivity contribution in [3.63, 3.8) is 0 Å². The molecule has 1 aromatic carbocycles. The minimum Gasteiger partial charge on any atom is -0.478 e. The van der Waals surface area contributed by atoms with Gasteiger partial charge in [0.25, 0.3) is 0 Å². The SMILES string of the molecule is CSCCNC(=O)Nc1c(Cl)cc(C(=O)O)cc1Cl. The first-order chi connectivity index (χ1) is 8.95. The highest BCUT2D eigenvalue weighted by Crippen LogP contribution is 2.31. The number of halogens is 2. The van der Waals surface area contributed by atoms with Gasteiger partial charge in [0.15, 0.2) is 0 Å². The van der Waals surface area contributed by atoms with Gasteiger partial charge in [-0.3, -0.25) is 0 Å². The summed E-state index contributed by atoms with van der Waals surface area (Å²) in [5, 5.41) is 14.1. The third kappa shape index (κ3) is 4.81. The van der Waals surface area contributed by atoms with Gasteiger partial charge in [0.1, 0.15) is 0 Å². The van der Waals surface area contributed by atoms with E-state index < -0.39 is 12.0 Å². The van der Waals surface area contributed by atoms with Crippen LogP contribution in [0.4, 0.5) is 10.5 Å². The molecule has 3 N–H and O–H groups in total. The van der Waals surface area contributed by atoms with Gasteiger partial charge < -0.3 is 15.7 Å². The van der Waals surface area contributed by atoms with Gasteiger partial charge in [-0.15, -0.1) is 0 Å². The zero-order valence-electron chi connectivity index (χ0n) is 10.00. The van der Waals surface area contributed by atoms with Gasteiger partial charge in [-0.2, -0.15) is 11.8 Å². The van der Waals surface area contributed by atoms with Crippen molar-refractivity contribution in [1.29, 1.82) is 0 Å². The van der Waals surface area contributed by atoms with Gasteiger partial charge in [-0.1, -0.05) is 23.2 Å². The molecule has 104 valence electrons. The molecular formula is C11H12Cl2N2O3S. The summed E-state index contributed by atoms with van der Waals surface area (Å²) in [6.45, 7) is 0.509. The summed E-state index contributed by atoms with van der Waals surface area (Å²) in [7, 11) is 0. The molecule has 0 saturated carbocycles. The maximum Gasteiger partial charge on any atom is 0.335 e. The fourth-order valence-electron chi connectivity index (χ4n) is 1.24. The second-order valence-electron chi connectivity index (χ2n) is 3.49. The first-order valence-electron chi connectivity index (χ1n) is 5.21. The fraction of sp³-hybridized carbons (Fsp3) is 0.273. The van der Waals surface area contributed by atoms with Crippen LogP contribution in [0.25, 0.3) is 0 Å². The molecule has 0 aliphatic rings. The molecule has 0 saturated heterocycles. The molecule has 0 spiro atoms. The molecule has 0 unspecified atom stereocenters. The minimum absolute atomic E-state index is 0.0386. The lowest BCUT2D eigenvalue weighted by atomic mass is 10.2. The largest absolute Gasteiger partial charge is 0.478 e. The molecule has 0 aromatic heterocycles. The van der Waals surface area contributed by atoms with Crippen molar-refractivity contribution in [3.8, 4) is 0 Å². The van der Waals surface area contributed by atoms with E-state index in [0.717, 1.165) is 5.75 Å². The molecule has 8 heteroatoms. The number of anilines is 1. The zero-order valence-corrected chi connectivity index (χ0v) is 12.3. The molecule has 0 radical (unpaired) electrons. The minimum atomic E-state index is -1.14. The van der Waals surface area contributed by atoms with E-state index in [-0.39, 0.29) is 21.3 Å². The van der Waals surface area contributed by atoms with Crippen LogP contribution in [0.3, 0.4) is 0 Å². The Bertz CT molecular complexity index is 474. The molecule has 0 bridgehead atoms. The number of urea groups is 1. The van der Waals surface area contributed by atoms with Crippen molar-refractivity contribution >= 4 is 52.7 Å². The Labute approximate surface area is 124 Å². The summed E-state index contributed by atoms with van der Waals surface area (Å²) in [6.07, 6.45) is 1.93. The first-order valence-corrected chi connectivity index (χ1v) is 7.36. The first kappa shape index (κ1) is 15.9. The third-order valence-electron chi connectivity index (χ3n) is 2.12. The predicted octanol–water partition coefficient (Wildman–Crippen LogP) is 3.18. The van der Waals surface area contributed by atoms with E-state index in [4.69, 9.17) is 28.3 Å². The van der Waals surface area contributed by atoms with Crippen LogP contribution in [0, 0.1) is 0 Å². The van der Waals surface area contributed by atoms with E-state index in [1.54, 1.807) is 11.8 Å². The van der Waals surface area contributed by atoms with Gasteiger partial charge in [-0.25, -0.2) is 9.59 Å². The number of aromatic carboxylic acids is 1. The van der Waals surface area contributed by atoms with Crippen LogP contribution < -0.4 is 10.6 Å². The lowest BCUT2D eigenvalue weighted by molar-refractivity contribution is 0.0697. The summed E-state index contributed by atoms with van der Waals surface area (Å²) in [5.74, 6) is -0.355. The lowest BCUT2D eigenvalue weighted by Crippen LogP contribution is -2.30. The normalized spacial score (nSPS) is 10.1. The summed E-state index contributed by atoms with van der Waals surface area (Å²) in [6, 6.07) is 2.02. The van der Waals surface area contributed by atoms with Gasteiger partial charge in [0, 0.05) is 12.3 Å². The van der Waals surface area contributed by atoms with Gasteiger partial charge in [0.2, 0.25) is 0 Å². The van der Waals surface area contributed by atoms with Crippen molar-refractivity contribution in [2.45, 2.75) is 0 Å². The number of carbonyl (C=O) groups is 2. The van der Waals surface area contributed by atoms with Crippen molar-refractivity contribution < 1.29 is 14.7 Å². The molecule has 0 aliphatic carbocycles. The van der Waals surface area contributed by atoms with Crippen LogP contribution in [0.15, 0.2) is 12.1 Å². The number of hydrogen-bond acceptors (Lipinski definition) is 3. The van der Waals surface area contributed by atoms with Crippen LogP contribution in [0.5, 0.6) is 0 Å². The number of carboxylic acid groups (broad SMARTS) is 1. The number of amides is 2. The Kier molecular flexibility index (Phi) is 6.27. The molecule has 0 aliphatic heterocycles. The summed E-state index contributed by atoms with van der Waals surface area (Å²) < 4.78 is 0. The van der Waals surface area contributed by atoms with E-state index >= 15 is 0 Å². The van der Waals surface area contributed by atoms with Crippen LogP contribution in [-0.2, 0) is 0 Å². The van der Waals surface area contributed by atoms with E-state index in [1.165, 1.54) is 12.1 Å². The van der Waals surface area contributed by atoms with Crippen molar-refractivity contribution in [1.82, 2.24) is 5.32 Å². The predicted molar refractivity (Wildman–Crippen MR) is 78.8 cm³/mol. The highest BCUT2D eigenvalue weighted by Gasteiger charge is 2.14. The molecule has 0 fully saturated rings. The van der Waals surface area contributed by atoms with Gasteiger partial charge >= 0.3 is 12.0 Å². The summed E-state index contributed by atoms with van der Waals surface area (Å²) in [4.78, 5) is 22.3. The Hall–Kier alpha value is -1.11. The highest BCUT2D eigenvalue weighted by atomic mass is 35.5. The smallest absolute Gasteiger partial charge is 0.335 e. The number of thioether (sulfide) groups is 1. The third-order valence-corrected chi connectivity index (χ3v) is 3.33. The van der Waals surface area contributed by atoms with E-state index in [9.17, 15) is 9.59 Å². The Morgan fingerprint density at radius 2 is 1.89 bits per heavy atom. The van der Waals surface area contributed by atoms with Crippen LogP contribution in [0.1, 0.15) is 10.4 Å². The fourth-order valence-corrected chi connectivity index (χ4v) is 2.13. The summed E-state index contributed by atoms with van der Waals surface area (Å²) >= 11 is 13.4. The molecule has 19 heavy (non-hydrogen) atoms. The van der Waals surface area contributed by atoms with Crippen LogP contribution in [-0.4, -0.2) is 35.7 Å². The van der Waals surface area contributed by atoms with E-state index in [0.29, 0.717) is 6.54 Å².